The van der Waals surface area contributed by atoms with Crippen molar-refractivity contribution >= 4 is 22.6 Å². The lowest BCUT2D eigenvalue weighted by Gasteiger charge is -2.22. The lowest BCUT2D eigenvalue weighted by molar-refractivity contribution is 0.102. The SMILES string of the molecule is Cc1cc(C)c2ccc(NC(=O)c3ccn(C4CCNCC4)n3)nc2c1. The van der Waals surface area contributed by atoms with E-state index in [1.165, 1.54) is 5.56 Å². The van der Waals surface area contributed by atoms with Crippen molar-refractivity contribution in [1.29, 1.82) is 0 Å². The van der Waals surface area contributed by atoms with Crippen molar-refractivity contribution in [3.05, 3.63) is 53.3 Å². The van der Waals surface area contributed by atoms with Gasteiger partial charge in [0.2, 0.25) is 0 Å². The van der Waals surface area contributed by atoms with Gasteiger partial charge in [0.25, 0.3) is 5.91 Å². The lowest BCUT2D eigenvalue weighted by atomic mass is 10.1. The van der Waals surface area contributed by atoms with Gasteiger partial charge in [-0.2, -0.15) is 5.10 Å². The zero-order valence-corrected chi connectivity index (χ0v) is 15.1. The third-order valence-corrected chi connectivity index (χ3v) is 4.92. The number of carbonyl (C=O) groups is 1. The van der Waals surface area contributed by atoms with E-state index in [2.05, 4.69) is 33.7 Å². The molecule has 0 bridgehead atoms. The molecular formula is C20H23N5O. The summed E-state index contributed by atoms with van der Waals surface area (Å²) >= 11 is 0. The fourth-order valence-corrected chi connectivity index (χ4v) is 3.58. The third-order valence-electron chi connectivity index (χ3n) is 4.92. The molecule has 1 amide bonds. The summed E-state index contributed by atoms with van der Waals surface area (Å²) in [5.74, 6) is 0.317. The smallest absolute Gasteiger partial charge is 0.277 e. The zero-order chi connectivity index (χ0) is 18.1. The lowest BCUT2D eigenvalue weighted by Crippen LogP contribution is -2.29. The van der Waals surface area contributed by atoms with E-state index in [1.54, 1.807) is 6.07 Å². The molecule has 3 aromatic rings. The second-order valence-corrected chi connectivity index (χ2v) is 6.96. The Bertz CT molecular complexity index is 956. The number of amides is 1. The number of nitrogens with zero attached hydrogens (tertiary/aromatic N) is 3. The fraction of sp³-hybridized carbons (Fsp3) is 0.350. The number of pyridine rings is 1. The van der Waals surface area contributed by atoms with Gasteiger partial charge in [-0.05, 0) is 75.2 Å². The Kier molecular flexibility index (Phi) is 4.42. The van der Waals surface area contributed by atoms with Crippen molar-refractivity contribution in [2.24, 2.45) is 0 Å². The number of hydrogen-bond acceptors (Lipinski definition) is 4. The van der Waals surface area contributed by atoms with Gasteiger partial charge >= 0.3 is 0 Å². The number of piperidine rings is 1. The first kappa shape index (κ1) is 16.7. The summed E-state index contributed by atoms with van der Waals surface area (Å²) in [6, 6.07) is 10.1. The molecule has 6 nitrogen and oxygen atoms in total. The second kappa shape index (κ2) is 6.88. The number of anilines is 1. The van der Waals surface area contributed by atoms with Crippen LogP contribution in [0.2, 0.25) is 0 Å². The number of aryl methyl sites for hydroxylation is 2. The van der Waals surface area contributed by atoms with E-state index in [0.29, 0.717) is 17.6 Å². The molecule has 3 heterocycles. The molecule has 2 N–H and O–H groups in total. The molecule has 0 aliphatic carbocycles. The van der Waals surface area contributed by atoms with Crippen LogP contribution in [0.1, 0.15) is 40.5 Å². The predicted octanol–water partition coefficient (Wildman–Crippen LogP) is 3.22. The van der Waals surface area contributed by atoms with Gasteiger partial charge in [0.05, 0.1) is 11.6 Å². The summed E-state index contributed by atoms with van der Waals surface area (Å²) in [6.45, 7) is 6.10. The molecule has 4 rings (SSSR count). The zero-order valence-electron chi connectivity index (χ0n) is 15.1. The average Bonchev–Trinajstić information content (AvgIpc) is 3.12. The molecule has 1 aliphatic heterocycles. The van der Waals surface area contributed by atoms with E-state index >= 15 is 0 Å². The molecule has 1 fully saturated rings. The first-order valence-electron chi connectivity index (χ1n) is 9.05. The van der Waals surface area contributed by atoms with Gasteiger partial charge in [0, 0.05) is 11.6 Å². The topological polar surface area (TPSA) is 71.8 Å². The maximum Gasteiger partial charge on any atom is 0.277 e. The van der Waals surface area contributed by atoms with Gasteiger partial charge in [-0.1, -0.05) is 6.07 Å². The van der Waals surface area contributed by atoms with Gasteiger partial charge in [-0.15, -0.1) is 0 Å². The molecule has 1 aliphatic rings. The highest BCUT2D eigenvalue weighted by Crippen LogP contribution is 2.21. The molecule has 1 aromatic carbocycles. The number of fused-ring (bicyclic) bond motifs is 1. The normalized spacial score (nSPS) is 15.3. The molecule has 0 atom stereocenters. The van der Waals surface area contributed by atoms with Gasteiger partial charge in [0.15, 0.2) is 5.69 Å². The van der Waals surface area contributed by atoms with Crippen LogP contribution in [0.3, 0.4) is 0 Å². The second-order valence-electron chi connectivity index (χ2n) is 6.96. The summed E-state index contributed by atoms with van der Waals surface area (Å²) in [4.78, 5) is 17.1. The van der Waals surface area contributed by atoms with Crippen LogP contribution in [-0.2, 0) is 0 Å². The minimum Gasteiger partial charge on any atom is -0.317 e. The van der Waals surface area contributed by atoms with Crippen molar-refractivity contribution < 1.29 is 4.79 Å². The molecule has 0 spiro atoms. The van der Waals surface area contributed by atoms with Crippen molar-refractivity contribution in [3.63, 3.8) is 0 Å². The van der Waals surface area contributed by atoms with Crippen LogP contribution >= 0.6 is 0 Å². The highest BCUT2D eigenvalue weighted by Gasteiger charge is 2.18. The highest BCUT2D eigenvalue weighted by atomic mass is 16.2. The van der Waals surface area contributed by atoms with E-state index < -0.39 is 0 Å². The highest BCUT2D eigenvalue weighted by molar-refractivity contribution is 6.02. The Hall–Kier alpha value is -2.73. The van der Waals surface area contributed by atoms with Crippen molar-refractivity contribution in [2.75, 3.05) is 18.4 Å². The van der Waals surface area contributed by atoms with Gasteiger partial charge in [-0.3, -0.25) is 9.48 Å². The summed E-state index contributed by atoms with van der Waals surface area (Å²) in [7, 11) is 0. The van der Waals surface area contributed by atoms with Crippen molar-refractivity contribution in [2.45, 2.75) is 32.7 Å². The quantitative estimate of drug-likeness (QED) is 0.761. The summed E-state index contributed by atoms with van der Waals surface area (Å²) in [6.07, 6.45) is 3.97. The molecule has 6 heteroatoms. The van der Waals surface area contributed by atoms with Gasteiger partial charge in [0.1, 0.15) is 5.82 Å². The van der Waals surface area contributed by atoms with E-state index in [0.717, 1.165) is 42.4 Å². The molecule has 26 heavy (non-hydrogen) atoms. The first-order chi connectivity index (χ1) is 12.6. The number of carbonyl (C=O) groups excluding carboxylic acids is 1. The van der Waals surface area contributed by atoms with E-state index in [-0.39, 0.29) is 5.91 Å². The van der Waals surface area contributed by atoms with Crippen LogP contribution in [0.25, 0.3) is 10.9 Å². The Labute approximate surface area is 152 Å². The van der Waals surface area contributed by atoms with Crippen LogP contribution in [-0.4, -0.2) is 33.8 Å². The maximum atomic E-state index is 12.5. The minimum absolute atomic E-state index is 0.228. The molecule has 0 unspecified atom stereocenters. The van der Waals surface area contributed by atoms with Gasteiger partial charge in [-0.25, -0.2) is 4.98 Å². The van der Waals surface area contributed by atoms with Crippen LogP contribution in [0, 0.1) is 13.8 Å². The first-order valence-corrected chi connectivity index (χ1v) is 9.05. The minimum atomic E-state index is -0.228. The standard InChI is InChI=1S/C20H23N5O/c1-13-11-14(2)16-3-4-19(22-18(16)12-13)23-20(26)17-7-10-25(24-17)15-5-8-21-9-6-15/h3-4,7,10-12,15,21H,5-6,8-9H2,1-2H3,(H,22,23,26). The Morgan fingerprint density at radius 1 is 1.19 bits per heavy atom. The number of aromatic nitrogens is 3. The summed E-state index contributed by atoms with van der Waals surface area (Å²) < 4.78 is 1.91. The molecule has 2 aromatic heterocycles. The Morgan fingerprint density at radius 3 is 2.81 bits per heavy atom. The van der Waals surface area contributed by atoms with E-state index in [9.17, 15) is 4.79 Å². The maximum absolute atomic E-state index is 12.5. The summed E-state index contributed by atoms with van der Waals surface area (Å²) in [5.41, 5.74) is 3.66. The number of nitrogens with one attached hydrogen (secondary N) is 2. The monoisotopic (exact) mass is 349 g/mol. The van der Waals surface area contributed by atoms with Crippen LogP contribution in [0.4, 0.5) is 5.82 Å². The van der Waals surface area contributed by atoms with Crippen molar-refractivity contribution in [3.8, 4) is 0 Å². The molecule has 134 valence electrons. The van der Waals surface area contributed by atoms with Crippen LogP contribution in [0.15, 0.2) is 36.5 Å². The largest absolute Gasteiger partial charge is 0.317 e. The fourth-order valence-electron chi connectivity index (χ4n) is 3.58. The van der Waals surface area contributed by atoms with E-state index in [1.807, 2.05) is 36.0 Å². The molecule has 0 saturated carbocycles. The van der Waals surface area contributed by atoms with E-state index in [4.69, 9.17) is 0 Å². The number of benzene rings is 1. The Morgan fingerprint density at radius 2 is 2.00 bits per heavy atom. The molecular weight excluding hydrogens is 326 g/mol. The predicted molar refractivity (Wildman–Crippen MR) is 103 cm³/mol. The average molecular weight is 349 g/mol. The van der Waals surface area contributed by atoms with Gasteiger partial charge < -0.3 is 10.6 Å². The third kappa shape index (κ3) is 3.32. The van der Waals surface area contributed by atoms with Crippen LogP contribution < -0.4 is 10.6 Å². The number of rotatable bonds is 3. The Balaban J connectivity index is 1.53. The van der Waals surface area contributed by atoms with Crippen molar-refractivity contribution in [1.82, 2.24) is 20.1 Å². The molecule has 0 radical (unpaired) electrons. The molecule has 1 saturated heterocycles. The number of hydrogen-bond donors (Lipinski definition) is 2. The summed E-state index contributed by atoms with van der Waals surface area (Å²) in [5, 5.41) is 11.8. The van der Waals surface area contributed by atoms with Crippen LogP contribution in [0.5, 0.6) is 0 Å².